The van der Waals surface area contributed by atoms with E-state index < -0.39 is 6.04 Å². The summed E-state index contributed by atoms with van der Waals surface area (Å²) in [7, 11) is 0. The van der Waals surface area contributed by atoms with Crippen molar-refractivity contribution >= 4 is 57.4 Å². The Hall–Kier alpha value is -3.09. The van der Waals surface area contributed by atoms with Gasteiger partial charge in [-0.05, 0) is 55.5 Å². The van der Waals surface area contributed by atoms with Crippen molar-refractivity contribution in [1.29, 1.82) is 0 Å². The third-order valence-electron chi connectivity index (χ3n) is 6.45. The summed E-state index contributed by atoms with van der Waals surface area (Å²) in [5.74, 6) is -0.830. The monoisotopic (exact) mass is 511 g/mol. The molecule has 1 heterocycles. The second-order valence-electron chi connectivity index (χ2n) is 8.84. The number of nitrogens with zero attached hydrogens (tertiary/aromatic N) is 2. The number of anilines is 1. The van der Waals surface area contributed by atoms with Crippen molar-refractivity contribution in [2.75, 3.05) is 11.4 Å². The second-order valence-corrected chi connectivity index (χ2v) is 9.65. The maximum Gasteiger partial charge on any atom is 0.259 e. The molecule has 3 amide bonds. The van der Waals surface area contributed by atoms with Crippen LogP contribution in [0.3, 0.4) is 0 Å². The van der Waals surface area contributed by atoms with Crippen LogP contribution >= 0.6 is 23.2 Å². The van der Waals surface area contributed by atoms with Gasteiger partial charge >= 0.3 is 0 Å². The first kappa shape index (κ1) is 25.0. The van der Waals surface area contributed by atoms with E-state index in [-0.39, 0.29) is 36.9 Å². The van der Waals surface area contributed by atoms with E-state index in [0.29, 0.717) is 21.3 Å². The van der Waals surface area contributed by atoms with Gasteiger partial charge < -0.3 is 10.2 Å². The van der Waals surface area contributed by atoms with Crippen LogP contribution in [0.2, 0.25) is 10.0 Å². The molecule has 2 atom stereocenters. The lowest BCUT2D eigenvalue weighted by molar-refractivity contribution is -0.139. The Morgan fingerprint density at radius 2 is 1.74 bits per heavy atom. The molecule has 0 aliphatic carbocycles. The molecule has 1 aliphatic heterocycles. The van der Waals surface area contributed by atoms with Crippen LogP contribution in [0.15, 0.2) is 54.6 Å². The highest BCUT2D eigenvalue weighted by atomic mass is 35.5. The summed E-state index contributed by atoms with van der Waals surface area (Å²) in [5.41, 5.74) is 2.00. The van der Waals surface area contributed by atoms with E-state index in [4.69, 9.17) is 23.2 Å². The van der Waals surface area contributed by atoms with E-state index in [1.165, 1.54) is 9.80 Å². The Kier molecular flexibility index (Phi) is 7.33. The van der Waals surface area contributed by atoms with E-state index >= 15 is 0 Å². The molecule has 35 heavy (non-hydrogen) atoms. The first-order valence-electron chi connectivity index (χ1n) is 11.6. The van der Waals surface area contributed by atoms with Crippen LogP contribution in [0.25, 0.3) is 10.8 Å². The number of nitrogens with one attached hydrogen (secondary N) is 1. The van der Waals surface area contributed by atoms with E-state index in [1.807, 2.05) is 44.2 Å². The van der Waals surface area contributed by atoms with Gasteiger partial charge in [-0.2, -0.15) is 0 Å². The maximum absolute atomic E-state index is 13.7. The zero-order valence-electron chi connectivity index (χ0n) is 19.8. The number of carbonyl (C=O) groups is 3. The number of halogens is 2. The quantitative estimate of drug-likeness (QED) is 0.437. The molecule has 8 heteroatoms. The molecule has 4 rings (SSSR count). The zero-order chi connectivity index (χ0) is 25.3. The van der Waals surface area contributed by atoms with Gasteiger partial charge in [-0.25, -0.2) is 0 Å². The molecule has 3 aromatic rings. The van der Waals surface area contributed by atoms with Crippen molar-refractivity contribution in [2.24, 2.45) is 0 Å². The number of hydrogen-bond acceptors (Lipinski definition) is 3. The predicted octanol–water partition coefficient (Wildman–Crippen LogP) is 5.44. The topological polar surface area (TPSA) is 69.7 Å². The molecule has 0 aromatic heterocycles. The minimum Gasteiger partial charge on any atom is -0.352 e. The SMILES string of the molecule is CC[C@H](C)NC(=O)[C@H](C)N(Cc1ccc(Cl)c(Cl)c1)C(=O)CN1C(=O)c2cccc3cccc1c23. The third kappa shape index (κ3) is 5.00. The van der Waals surface area contributed by atoms with Gasteiger partial charge in [-0.3, -0.25) is 19.3 Å². The molecule has 0 radical (unpaired) electrons. The zero-order valence-corrected chi connectivity index (χ0v) is 21.4. The summed E-state index contributed by atoms with van der Waals surface area (Å²) in [6, 6.07) is 15.5. The summed E-state index contributed by atoms with van der Waals surface area (Å²) in [6.45, 7) is 5.54. The molecule has 0 spiro atoms. The average molecular weight is 512 g/mol. The first-order valence-corrected chi connectivity index (χ1v) is 12.3. The molecule has 0 saturated heterocycles. The van der Waals surface area contributed by atoms with Crippen molar-refractivity contribution in [1.82, 2.24) is 10.2 Å². The van der Waals surface area contributed by atoms with Crippen LogP contribution in [-0.2, 0) is 16.1 Å². The number of amides is 3. The Bertz CT molecular complexity index is 1300. The molecular weight excluding hydrogens is 485 g/mol. The normalized spacial score (nSPS) is 14.2. The van der Waals surface area contributed by atoms with Gasteiger partial charge in [-0.1, -0.05) is 60.5 Å². The van der Waals surface area contributed by atoms with Gasteiger partial charge in [0.25, 0.3) is 5.91 Å². The van der Waals surface area contributed by atoms with Crippen molar-refractivity contribution < 1.29 is 14.4 Å². The molecule has 0 fully saturated rings. The van der Waals surface area contributed by atoms with E-state index in [2.05, 4.69) is 5.32 Å². The van der Waals surface area contributed by atoms with E-state index in [0.717, 1.165) is 22.8 Å². The minimum atomic E-state index is -0.762. The third-order valence-corrected chi connectivity index (χ3v) is 7.19. The van der Waals surface area contributed by atoms with Gasteiger partial charge in [0.1, 0.15) is 12.6 Å². The summed E-state index contributed by atoms with van der Waals surface area (Å²) in [5, 5.41) is 5.50. The second kappa shape index (κ2) is 10.3. The highest BCUT2D eigenvalue weighted by Gasteiger charge is 2.34. The fourth-order valence-electron chi connectivity index (χ4n) is 4.25. The predicted molar refractivity (Wildman–Crippen MR) is 140 cm³/mol. The number of hydrogen-bond donors (Lipinski definition) is 1. The highest BCUT2D eigenvalue weighted by Crippen LogP contribution is 2.37. The molecule has 182 valence electrons. The Balaban J connectivity index is 1.63. The lowest BCUT2D eigenvalue weighted by Crippen LogP contribution is -2.52. The van der Waals surface area contributed by atoms with E-state index in [9.17, 15) is 14.4 Å². The molecule has 3 aromatic carbocycles. The number of benzene rings is 3. The van der Waals surface area contributed by atoms with Crippen LogP contribution in [-0.4, -0.2) is 41.2 Å². The van der Waals surface area contributed by atoms with Crippen molar-refractivity contribution in [2.45, 2.75) is 45.8 Å². The van der Waals surface area contributed by atoms with Gasteiger partial charge in [0.2, 0.25) is 11.8 Å². The highest BCUT2D eigenvalue weighted by molar-refractivity contribution is 6.42. The van der Waals surface area contributed by atoms with E-state index in [1.54, 1.807) is 31.2 Å². The summed E-state index contributed by atoms with van der Waals surface area (Å²) < 4.78 is 0. The van der Waals surface area contributed by atoms with Crippen molar-refractivity contribution in [3.8, 4) is 0 Å². The van der Waals surface area contributed by atoms with Crippen molar-refractivity contribution in [3.05, 3.63) is 75.8 Å². The largest absolute Gasteiger partial charge is 0.352 e. The van der Waals surface area contributed by atoms with Crippen LogP contribution in [0.1, 0.15) is 43.1 Å². The molecule has 0 saturated carbocycles. The average Bonchev–Trinajstić information content (AvgIpc) is 3.12. The minimum absolute atomic E-state index is 0.0286. The van der Waals surface area contributed by atoms with Gasteiger partial charge in [0.05, 0.1) is 15.7 Å². The molecule has 1 aliphatic rings. The Labute approximate surface area is 214 Å². The molecule has 6 nitrogen and oxygen atoms in total. The summed E-state index contributed by atoms with van der Waals surface area (Å²) in [4.78, 5) is 42.8. The number of carbonyl (C=O) groups excluding carboxylic acids is 3. The molecular formula is C27H27Cl2N3O3. The lowest BCUT2D eigenvalue weighted by atomic mass is 10.1. The van der Waals surface area contributed by atoms with Crippen LogP contribution in [0.5, 0.6) is 0 Å². The van der Waals surface area contributed by atoms with Crippen LogP contribution < -0.4 is 10.2 Å². The standard InChI is InChI=1S/C27H27Cl2N3O3/c1-4-16(2)30-26(34)17(3)31(14-18-11-12-21(28)22(29)13-18)24(33)15-32-23-10-6-8-19-7-5-9-20(25(19)23)27(32)35/h5-13,16-17H,4,14-15H2,1-3H3,(H,30,34)/t16-,17-/m0/s1. The molecule has 0 unspecified atom stereocenters. The lowest BCUT2D eigenvalue weighted by Gasteiger charge is -2.31. The molecule has 1 N–H and O–H groups in total. The molecule has 0 bridgehead atoms. The fraction of sp³-hybridized carbons (Fsp3) is 0.296. The fourth-order valence-corrected chi connectivity index (χ4v) is 4.57. The maximum atomic E-state index is 13.7. The first-order chi connectivity index (χ1) is 16.7. The summed E-state index contributed by atoms with van der Waals surface area (Å²) in [6.07, 6.45) is 0.768. The van der Waals surface area contributed by atoms with Crippen molar-refractivity contribution in [3.63, 3.8) is 0 Å². The Morgan fingerprint density at radius 3 is 2.43 bits per heavy atom. The van der Waals surface area contributed by atoms with Gasteiger partial charge in [-0.15, -0.1) is 0 Å². The summed E-state index contributed by atoms with van der Waals surface area (Å²) >= 11 is 12.2. The van der Waals surface area contributed by atoms with Crippen LogP contribution in [0, 0.1) is 0 Å². The number of rotatable bonds is 8. The smallest absolute Gasteiger partial charge is 0.259 e. The van der Waals surface area contributed by atoms with Gasteiger partial charge in [0, 0.05) is 23.5 Å². The van der Waals surface area contributed by atoms with Gasteiger partial charge in [0.15, 0.2) is 0 Å². The van der Waals surface area contributed by atoms with Crippen LogP contribution in [0.4, 0.5) is 5.69 Å². The Morgan fingerprint density at radius 1 is 1.03 bits per heavy atom.